The van der Waals surface area contributed by atoms with Crippen LogP contribution in [0.4, 0.5) is 22.0 Å². The predicted octanol–water partition coefficient (Wildman–Crippen LogP) is 3.74. The van der Waals surface area contributed by atoms with Crippen LogP contribution in [-0.2, 0) is 7.05 Å². The van der Waals surface area contributed by atoms with Crippen molar-refractivity contribution >= 4 is 29.0 Å². The van der Waals surface area contributed by atoms with Crippen molar-refractivity contribution in [2.75, 3.05) is 10.6 Å². The molecule has 156 valence electrons. The van der Waals surface area contributed by atoms with Crippen molar-refractivity contribution in [3.63, 3.8) is 0 Å². The number of hydrogen-bond donors (Lipinski definition) is 3. The number of pyridine rings is 1. The molecule has 3 rings (SSSR count). The first-order valence-corrected chi connectivity index (χ1v) is 9.69. The maximum atomic E-state index is 12.4. The zero-order valence-electron chi connectivity index (χ0n) is 17.4. The van der Waals surface area contributed by atoms with Crippen LogP contribution >= 0.6 is 0 Å². The summed E-state index contributed by atoms with van der Waals surface area (Å²) in [5, 5.41) is 13.0. The van der Waals surface area contributed by atoms with Crippen LogP contribution in [0.5, 0.6) is 0 Å². The fraction of sp³-hybridized carbons (Fsp3) is 0.286. The standard InChI is InChI=1S/C21H25N7O2/c1-5-18(29)16-11-22-19(26-21(30)24-13(2)3)10-17(16)25-15-8-6-7-14(9-15)20-23-12-28(4)27-20/h6-13H,5H2,1-4H3,(H3,22,24,25,26,30). The molecule has 0 saturated heterocycles. The van der Waals surface area contributed by atoms with Gasteiger partial charge in [0.25, 0.3) is 0 Å². The van der Waals surface area contributed by atoms with Crippen LogP contribution in [0.25, 0.3) is 11.4 Å². The Morgan fingerprint density at radius 3 is 2.63 bits per heavy atom. The smallest absolute Gasteiger partial charge is 0.320 e. The summed E-state index contributed by atoms with van der Waals surface area (Å²) in [4.78, 5) is 32.9. The summed E-state index contributed by atoms with van der Waals surface area (Å²) in [6.45, 7) is 5.53. The van der Waals surface area contributed by atoms with Gasteiger partial charge in [0.05, 0.1) is 11.3 Å². The van der Waals surface area contributed by atoms with Crippen LogP contribution in [0.1, 0.15) is 37.6 Å². The summed E-state index contributed by atoms with van der Waals surface area (Å²) < 4.78 is 1.64. The summed E-state index contributed by atoms with van der Waals surface area (Å²) in [5.74, 6) is 0.894. The second-order valence-corrected chi connectivity index (χ2v) is 7.09. The van der Waals surface area contributed by atoms with Gasteiger partial charge in [-0.3, -0.25) is 14.8 Å². The average molecular weight is 407 g/mol. The third kappa shape index (κ3) is 5.19. The fourth-order valence-electron chi connectivity index (χ4n) is 2.82. The van der Waals surface area contributed by atoms with E-state index >= 15 is 0 Å². The normalized spacial score (nSPS) is 10.7. The van der Waals surface area contributed by atoms with Crippen LogP contribution in [0.3, 0.4) is 0 Å². The molecule has 0 bridgehead atoms. The Labute approximate surface area is 174 Å². The third-order valence-corrected chi connectivity index (χ3v) is 4.19. The van der Waals surface area contributed by atoms with Gasteiger partial charge in [0.1, 0.15) is 12.1 Å². The van der Waals surface area contributed by atoms with Gasteiger partial charge in [-0.25, -0.2) is 14.8 Å². The van der Waals surface area contributed by atoms with Crippen molar-refractivity contribution in [2.24, 2.45) is 7.05 Å². The molecule has 0 aliphatic heterocycles. The van der Waals surface area contributed by atoms with Gasteiger partial charge in [0, 0.05) is 43.0 Å². The minimum absolute atomic E-state index is 0.00789. The molecule has 2 heterocycles. The lowest BCUT2D eigenvalue weighted by Crippen LogP contribution is -2.34. The zero-order valence-corrected chi connectivity index (χ0v) is 17.4. The number of hydrogen-bond acceptors (Lipinski definition) is 6. The Morgan fingerprint density at radius 1 is 1.17 bits per heavy atom. The zero-order chi connectivity index (χ0) is 21.7. The number of urea groups is 1. The highest BCUT2D eigenvalue weighted by atomic mass is 16.2. The molecule has 0 aliphatic carbocycles. The monoisotopic (exact) mass is 407 g/mol. The molecule has 3 N–H and O–H groups in total. The number of ketones is 1. The van der Waals surface area contributed by atoms with Gasteiger partial charge in [-0.05, 0) is 26.0 Å². The molecule has 0 aliphatic rings. The number of aryl methyl sites for hydroxylation is 1. The van der Waals surface area contributed by atoms with Crippen LogP contribution < -0.4 is 16.0 Å². The number of nitrogens with one attached hydrogen (secondary N) is 3. The Balaban J connectivity index is 1.90. The summed E-state index contributed by atoms with van der Waals surface area (Å²) in [5.41, 5.74) is 2.61. The van der Waals surface area contributed by atoms with Gasteiger partial charge in [-0.15, -0.1) is 0 Å². The van der Waals surface area contributed by atoms with E-state index < -0.39 is 0 Å². The molecule has 30 heavy (non-hydrogen) atoms. The van der Waals surface area contributed by atoms with E-state index in [9.17, 15) is 9.59 Å². The maximum absolute atomic E-state index is 12.4. The number of anilines is 3. The Bertz CT molecular complexity index is 1060. The molecule has 9 nitrogen and oxygen atoms in total. The van der Waals surface area contributed by atoms with E-state index in [1.807, 2.05) is 45.2 Å². The molecule has 0 atom stereocenters. The number of benzene rings is 1. The van der Waals surface area contributed by atoms with Gasteiger partial charge in [0.15, 0.2) is 11.6 Å². The van der Waals surface area contributed by atoms with Crippen LogP contribution in [0.2, 0.25) is 0 Å². The summed E-state index contributed by atoms with van der Waals surface area (Å²) in [7, 11) is 1.81. The molecule has 0 fully saturated rings. The quantitative estimate of drug-likeness (QED) is 0.514. The molecule has 9 heteroatoms. The number of nitrogens with zero attached hydrogens (tertiary/aromatic N) is 4. The molecule has 2 amide bonds. The van der Waals surface area contributed by atoms with Crippen LogP contribution in [-0.4, -0.2) is 37.6 Å². The van der Waals surface area contributed by atoms with Crippen LogP contribution in [0, 0.1) is 0 Å². The van der Waals surface area contributed by atoms with Gasteiger partial charge in [-0.1, -0.05) is 19.1 Å². The highest BCUT2D eigenvalue weighted by Gasteiger charge is 2.14. The van der Waals surface area contributed by atoms with E-state index in [1.165, 1.54) is 6.20 Å². The molecule has 1 aromatic carbocycles. The van der Waals surface area contributed by atoms with Crippen molar-refractivity contribution in [1.82, 2.24) is 25.1 Å². The highest BCUT2D eigenvalue weighted by Crippen LogP contribution is 2.27. The molecule has 0 spiro atoms. The van der Waals surface area contributed by atoms with E-state index in [1.54, 1.807) is 24.0 Å². The number of rotatable bonds is 7. The fourth-order valence-corrected chi connectivity index (χ4v) is 2.82. The second-order valence-electron chi connectivity index (χ2n) is 7.09. The van der Waals surface area contributed by atoms with Crippen molar-refractivity contribution in [2.45, 2.75) is 33.2 Å². The first-order valence-electron chi connectivity index (χ1n) is 9.69. The lowest BCUT2D eigenvalue weighted by atomic mass is 10.1. The lowest BCUT2D eigenvalue weighted by molar-refractivity contribution is 0.0988. The molecule has 0 radical (unpaired) electrons. The van der Waals surface area contributed by atoms with Crippen molar-refractivity contribution < 1.29 is 9.59 Å². The highest BCUT2D eigenvalue weighted by molar-refractivity contribution is 6.02. The van der Waals surface area contributed by atoms with E-state index in [0.29, 0.717) is 29.3 Å². The van der Waals surface area contributed by atoms with E-state index in [0.717, 1.165) is 11.3 Å². The van der Waals surface area contributed by atoms with Gasteiger partial charge < -0.3 is 10.6 Å². The molecule has 3 aromatic rings. The Morgan fingerprint density at radius 2 is 1.97 bits per heavy atom. The minimum atomic E-state index is -0.360. The van der Waals surface area contributed by atoms with Gasteiger partial charge >= 0.3 is 6.03 Å². The van der Waals surface area contributed by atoms with Gasteiger partial charge in [-0.2, -0.15) is 5.10 Å². The Hall–Kier alpha value is -3.75. The first-order chi connectivity index (χ1) is 14.4. The minimum Gasteiger partial charge on any atom is -0.355 e. The lowest BCUT2D eigenvalue weighted by Gasteiger charge is -2.14. The summed E-state index contributed by atoms with van der Waals surface area (Å²) in [6, 6.07) is 8.85. The molecular weight excluding hydrogens is 382 g/mol. The van der Waals surface area contributed by atoms with Crippen molar-refractivity contribution in [3.05, 3.63) is 48.4 Å². The molecule has 2 aromatic heterocycles. The number of carbonyl (C=O) groups excluding carboxylic acids is 2. The maximum Gasteiger partial charge on any atom is 0.320 e. The summed E-state index contributed by atoms with van der Waals surface area (Å²) in [6.07, 6.45) is 3.45. The average Bonchev–Trinajstić information content (AvgIpc) is 3.13. The summed E-state index contributed by atoms with van der Waals surface area (Å²) >= 11 is 0. The number of aromatic nitrogens is 4. The third-order valence-electron chi connectivity index (χ3n) is 4.19. The number of carbonyl (C=O) groups is 2. The van der Waals surface area contributed by atoms with E-state index in [4.69, 9.17) is 0 Å². The number of Topliss-reactive ketones (excluding diaryl/α,β-unsaturated/α-hetero) is 1. The predicted molar refractivity (Wildman–Crippen MR) is 116 cm³/mol. The van der Waals surface area contributed by atoms with Crippen molar-refractivity contribution in [3.8, 4) is 11.4 Å². The first kappa shape index (κ1) is 21.0. The SMILES string of the molecule is CCC(=O)c1cnc(NC(=O)NC(C)C)cc1Nc1cccc(-c2ncn(C)n2)c1. The topological polar surface area (TPSA) is 114 Å². The van der Waals surface area contributed by atoms with Crippen LogP contribution in [0.15, 0.2) is 42.9 Å². The van der Waals surface area contributed by atoms with E-state index in [2.05, 4.69) is 31.0 Å². The number of amides is 2. The molecule has 0 saturated carbocycles. The Kier molecular flexibility index (Phi) is 6.41. The van der Waals surface area contributed by atoms with E-state index in [-0.39, 0.29) is 17.9 Å². The largest absolute Gasteiger partial charge is 0.355 e. The molecular formula is C21H25N7O2. The van der Waals surface area contributed by atoms with Crippen molar-refractivity contribution in [1.29, 1.82) is 0 Å². The molecule has 0 unspecified atom stereocenters. The second kappa shape index (κ2) is 9.17. The van der Waals surface area contributed by atoms with Gasteiger partial charge in [0.2, 0.25) is 0 Å².